The van der Waals surface area contributed by atoms with E-state index < -0.39 is 0 Å². The Balaban J connectivity index is 2.25. The Morgan fingerprint density at radius 1 is 1.41 bits per heavy atom. The molecule has 17 heavy (non-hydrogen) atoms. The van der Waals surface area contributed by atoms with Crippen molar-refractivity contribution in [1.29, 1.82) is 0 Å². The summed E-state index contributed by atoms with van der Waals surface area (Å²) < 4.78 is 9.98. The second-order valence-electron chi connectivity index (χ2n) is 3.49. The molecule has 2 aromatic rings. The van der Waals surface area contributed by atoms with Gasteiger partial charge in [-0.25, -0.2) is 4.99 Å². The second-order valence-corrected chi connectivity index (χ2v) is 3.49. The fourth-order valence-corrected chi connectivity index (χ4v) is 1.31. The van der Waals surface area contributed by atoms with Gasteiger partial charge in [-0.3, -0.25) is 0 Å². The molecule has 0 saturated carbocycles. The van der Waals surface area contributed by atoms with Gasteiger partial charge in [0.25, 0.3) is 5.88 Å². The van der Waals surface area contributed by atoms with Crippen LogP contribution in [0.15, 0.2) is 33.8 Å². The Kier molecular flexibility index (Phi) is 3.09. The van der Waals surface area contributed by atoms with Crippen LogP contribution in [0.2, 0.25) is 0 Å². The second kappa shape index (κ2) is 4.69. The number of rotatable bonds is 3. The first kappa shape index (κ1) is 11.2. The number of hydrogen-bond acceptors (Lipinski definition) is 5. The highest BCUT2D eigenvalue weighted by Gasteiger charge is 2.02. The van der Waals surface area contributed by atoms with Crippen molar-refractivity contribution >= 4 is 12.1 Å². The minimum absolute atomic E-state index is 0.130. The monoisotopic (exact) mass is 232 g/mol. The number of aliphatic imine (C=N–C) groups is 1. The van der Waals surface area contributed by atoms with Gasteiger partial charge < -0.3 is 14.4 Å². The van der Waals surface area contributed by atoms with Crippen LogP contribution in [0.4, 0.5) is 5.88 Å². The van der Waals surface area contributed by atoms with E-state index in [0.717, 1.165) is 5.69 Å². The fraction of sp³-hybridized carbons (Fsp3) is 0.167. The maximum absolute atomic E-state index is 9.62. The van der Waals surface area contributed by atoms with Gasteiger partial charge in [0.15, 0.2) is 0 Å². The van der Waals surface area contributed by atoms with Crippen molar-refractivity contribution < 1.29 is 14.4 Å². The predicted octanol–water partition coefficient (Wildman–Crippen LogP) is 2.45. The van der Waals surface area contributed by atoms with Crippen LogP contribution in [0, 0.1) is 6.92 Å². The topological polar surface area (TPSA) is 67.8 Å². The van der Waals surface area contributed by atoms with Crippen LogP contribution < -0.4 is 4.74 Å². The van der Waals surface area contributed by atoms with Gasteiger partial charge in [-0.1, -0.05) is 5.16 Å². The molecular formula is C12H12N2O3. The van der Waals surface area contributed by atoms with Gasteiger partial charge in [-0.05, 0) is 25.1 Å². The van der Waals surface area contributed by atoms with Crippen molar-refractivity contribution in [1.82, 2.24) is 5.16 Å². The highest BCUT2D eigenvalue weighted by molar-refractivity contribution is 5.85. The van der Waals surface area contributed by atoms with E-state index >= 15 is 0 Å². The first-order valence-electron chi connectivity index (χ1n) is 5.03. The lowest BCUT2D eigenvalue weighted by Crippen LogP contribution is -1.86. The molecule has 1 aromatic carbocycles. The van der Waals surface area contributed by atoms with Gasteiger partial charge in [-0.15, -0.1) is 0 Å². The number of aryl methyl sites for hydroxylation is 1. The standard InChI is InChI=1S/C12H12N2O3/c1-8-5-12(17-14-8)13-7-9-6-10(16-2)3-4-11(9)15/h3-7,15H,1-2H3/b13-7+. The lowest BCUT2D eigenvalue weighted by Gasteiger charge is -2.02. The fourth-order valence-electron chi connectivity index (χ4n) is 1.31. The van der Waals surface area contributed by atoms with Crippen molar-refractivity contribution in [3.63, 3.8) is 0 Å². The molecular weight excluding hydrogens is 220 g/mol. The molecule has 1 N–H and O–H groups in total. The van der Waals surface area contributed by atoms with E-state index in [-0.39, 0.29) is 5.75 Å². The van der Waals surface area contributed by atoms with E-state index in [9.17, 15) is 5.11 Å². The van der Waals surface area contributed by atoms with E-state index in [1.54, 1.807) is 31.4 Å². The Morgan fingerprint density at radius 2 is 2.24 bits per heavy atom. The van der Waals surface area contributed by atoms with E-state index in [1.807, 2.05) is 6.92 Å². The number of aromatic hydroxyl groups is 1. The number of benzene rings is 1. The summed E-state index contributed by atoms with van der Waals surface area (Å²) in [5.41, 5.74) is 1.31. The van der Waals surface area contributed by atoms with Crippen LogP contribution in [0.3, 0.4) is 0 Å². The third kappa shape index (κ3) is 2.63. The quantitative estimate of drug-likeness (QED) is 0.825. The molecule has 0 radical (unpaired) electrons. The van der Waals surface area contributed by atoms with Gasteiger partial charge in [-0.2, -0.15) is 0 Å². The smallest absolute Gasteiger partial charge is 0.250 e. The lowest BCUT2D eigenvalue weighted by atomic mass is 10.2. The van der Waals surface area contributed by atoms with Crippen LogP contribution in [0.5, 0.6) is 11.5 Å². The van der Waals surface area contributed by atoms with E-state index in [2.05, 4.69) is 10.1 Å². The first-order chi connectivity index (χ1) is 8.19. The number of phenolic OH excluding ortho intramolecular Hbond substituents is 1. The number of nitrogens with zero attached hydrogens (tertiary/aromatic N) is 2. The summed E-state index contributed by atoms with van der Waals surface area (Å²) in [6.07, 6.45) is 1.50. The van der Waals surface area contributed by atoms with E-state index in [4.69, 9.17) is 9.26 Å². The predicted molar refractivity (Wildman–Crippen MR) is 63.2 cm³/mol. The number of phenols is 1. The molecule has 0 atom stereocenters. The largest absolute Gasteiger partial charge is 0.507 e. The Labute approximate surface area is 98.4 Å². The molecule has 0 aliphatic heterocycles. The zero-order chi connectivity index (χ0) is 12.3. The van der Waals surface area contributed by atoms with Gasteiger partial charge >= 0.3 is 0 Å². The molecule has 88 valence electrons. The van der Waals surface area contributed by atoms with Crippen LogP contribution in [-0.2, 0) is 0 Å². The number of hydrogen-bond donors (Lipinski definition) is 1. The molecule has 0 saturated heterocycles. The Hall–Kier alpha value is -2.30. The van der Waals surface area contributed by atoms with Crippen LogP contribution in [0.25, 0.3) is 0 Å². The van der Waals surface area contributed by atoms with Gasteiger partial charge in [0.2, 0.25) is 0 Å². The van der Waals surface area contributed by atoms with Crippen molar-refractivity contribution in [2.45, 2.75) is 6.92 Å². The van der Waals surface area contributed by atoms with Crippen molar-refractivity contribution in [3.8, 4) is 11.5 Å². The number of methoxy groups -OCH3 is 1. The molecule has 0 amide bonds. The average molecular weight is 232 g/mol. The molecule has 0 aliphatic carbocycles. The maximum Gasteiger partial charge on any atom is 0.250 e. The maximum atomic E-state index is 9.62. The van der Waals surface area contributed by atoms with Crippen molar-refractivity contribution in [3.05, 3.63) is 35.5 Å². The molecule has 0 fully saturated rings. The zero-order valence-electron chi connectivity index (χ0n) is 9.54. The molecule has 1 heterocycles. The molecule has 2 rings (SSSR count). The van der Waals surface area contributed by atoms with Gasteiger partial charge in [0.1, 0.15) is 11.5 Å². The lowest BCUT2D eigenvalue weighted by molar-refractivity contribution is 0.412. The average Bonchev–Trinajstić information content (AvgIpc) is 2.74. The minimum Gasteiger partial charge on any atom is -0.507 e. The van der Waals surface area contributed by atoms with Crippen molar-refractivity contribution in [2.24, 2.45) is 4.99 Å². The van der Waals surface area contributed by atoms with Crippen LogP contribution in [-0.4, -0.2) is 23.6 Å². The Morgan fingerprint density at radius 3 is 2.88 bits per heavy atom. The van der Waals surface area contributed by atoms with Crippen molar-refractivity contribution in [2.75, 3.05) is 7.11 Å². The van der Waals surface area contributed by atoms with Crippen LogP contribution in [0.1, 0.15) is 11.3 Å². The third-order valence-corrected chi connectivity index (χ3v) is 2.18. The third-order valence-electron chi connectivity index (χ3n) is 2.18. The molecule has 5 nitrogen and oxygen atoms in total. The summed E-state index contributed by atoms with van der Waals surface area (Å²) in [7, 11) is 1.56. The normalized spacial score (nSPS) is 10.9. The first-order valence-corrected chi connectivity index (χ1v) is 5.03. The molecule has 0 bridgehead atoms. The molecule has 0 unspecified atom stereocenters. The summed E-state index contributed by atoms with van der Waals surface area (Å²) in [5, 5.41) is 13.3. The summed E-state index contributed by atoms with van der Waals surface area (Å²) in [6, 6.07) is 6.60. The molecule has 0 spiro atoms. The number of aromatic nitrogens is 1. The van der Waals surface area contributed by atoms with E-state index in [1.165, 1.54) is 6.21 Å². The molecule has 0 aliphatic rings. The highest BCUT2D eigenvalue weighted by Crippen LogP contribution is 2.22. The van der Waals surface area contributed by atoms with Crippen LogP contribution >= 0.6 is 0 Å². The number of ether oxygens (including phenoxy) is 1. The molecule has 5 heteroatoms. The summed E-state index contributed by atoms with van der Waals surface area (Å²) in [5.74, 6) is 1.17. The van der Waals surface area contributed by atoms with Gasteiger partial charge in [0, 0.05) is 17.8 Å². The zero-order valence-corrected chi connectivity index (χ0v) is 9.54. The van der Waals surface area contributed by atoms with E-state index in [0.29, 0.717) is 17.2 Å². The van der Waals surface area contributed by atoms with Gasteiger partial charge in [0.05, 0.1) is 12.8 Å². The SMILES string of the molecule is COc1ccc(O)c(/C=N/c2cc(C)no2)c1. The summed E-state index contributed by atoms with van der Waals surface area (Å²) in [4.78, 5) is 4.06. The Bertz CT molecular complexity index is 546. The minimum atomic E-state index is 0.130. The summed E-state index contributed by atoms with van der Waals surface area (Å²) in [6.45, 7) is 1.81. The summed E-state index contributed by atoms with van der Waals surface area (Å²) >= 11 is 0. The molecule has 1 aromatic heterocycles. The highest BCUT2D eigenvalue weighted by atomic mass is 16.5.